The van der Waals surface area contributed by atoms with Gasteiger partial charge in [0.2, 0.25) is 5.91 Å². The van der Waals surface area contributed by atoms with Crippen LogP contribution < -0.4 is 5.32 Å². The Morgan fingerprint density at radius 2 is 2.12 bits per heavy atom. The van der Waals surface area contributed by atoms with Gasteiger partial charge in [0.05, 0.1) is 12.6 Å². The van der Waals surface area contributed by atoms with Crippen molar-refractivity contribution in [2.45, 2.75) is 31.4 Å². The summed E-state index contributed by atoms with van der Waals surface area (Å²) < 4.78 is 5.33. The van der Waals surface area contributed by atoms with E-state index in [-0.39, 0.29) is 23.5 Å². The third-order valence-corrected chi connectivity index (χ3v) is 4.04. The summed E-state index contributed by atoms with van der Waals surface area (Å²) in [5, 5.41) is 13.0. The standard InChI is InChI=1S/C12H22N2O3/c1-14(2)8-11(16)13-9-7-10(15)12(9)3-5-17-6-4-12/h9-10,15H,3-8H2,1-2H3,(H,13,16)/t9-,10-/m0/s1. The second kappa shape index (κ2) is 4.92. The lowest BCUT2D eigenvalue weighted by atomic mass is 9.58. The summed E-state index contributed by atoms with van der Waals surface area (Å²) in [5.41, 5.74) is -0.125. The summed E-state index contributed by atoms with van der Waals surface area (Å²) in [6.07, 6.45) is 2.09. The fraction of sp³-hybridized carbons (Fsp3) is 0.917. The lowest BCUT2D eigenvalue weighted by Crippen LogP contribution is -2.66. The van der Waals surface area contributed by atoms with Crippen molar-refractivity contribution in [3.63, 3.8) is 0 Å². The molecule has 1 heterocycles. The third kappa shape index (κ3) is 2.46. The van der Waals surface area contributed by atoms with Crippen LogP contribution in [0.3, 0.4) is 0 Å². The molecular formula is C12H22N2O3. The molecule has 1 spiro atoms. The third-order valence-electron chi connectivity index (χ3n) is 4.04. The number of aliphatic hydroxyl groups excluding tert-OH is 1. The van der Waals surface area contributed by atoms with Crippen molar-refractivity contribution in [2.24, 2.45) is 5.41 Å². The van der Waals surface area contributed by atoms with E-state index < -0.39 is 0 Å². The molecule has 2 atom stereocenters. The van der Waals surface area contributed by atoms with E-state index >= 15 is 0 Å². The Morgan fingerprint density at radius 3 is 2.65 bits per heavy atom. The number of nitrogens with one attached hydrogen (secondary N) is 1. The average Bonchev–Trinajstić information content (AvgIpc) is 2.29. The molecule has 2 fully saturated rings. The SMILES string of the molecule is CN(C)CC(=O)N[C@H]1C[C@H](O)C12CCOCC2. The van der Waals surface area contributed by atoms with Crippen LogP contribution in [0, 0.1) is 5.41 Å². The van der Waals surface area contributed by atoms with Crippen molar-refractivity contribution in [1.82, 2.24) is 10.2 Å². The Hall–Kier alpha value is -0.650. The Kier molecular flexibility index (Phi) is 3.70. The van der Waals surface area contributed by atoms with E-state index in [1.807, 2.05) is 19.0 Å². The summed E-state index contributed by atoms with van der Waals surface area (Å²) in [7, 11) is 3.75. The van der Waals surface area contributed by atoms with E-state index in [9.17, 15) is 9.90 Å². The van der Waals surface area contributed by atoms with Crippen LogP contribution in [-0.4, -0.2) is 61.9 Å². The van der Waals surface area contributed by atoms with Gasteiger partial charge in [0.15, 0.2) is 0 Å². The summed E-state index contributed by atoms with van der Waals surface area (Å²) in [5.74, 6) is 0.0396. The van der Waals surface area contributed by atoms with E-state index in [0.717, 1.165) is 12.8 Å². The zero-order valence-electron chi connectivity index (χ0n) is 10.6. The number of ether oxygens (including phenoxy) is 1. The maximum absolute atomic E-state index is 11.7. The van der Waals surface area contributed by atoms with Gasteiger partial charge in [0.1, 0.15) is 0 Å². The zero-order valence-corrected chi connectivity index (χ0v) is 10.6. The number of amides is 1. The minimum absolute atomic E-state index is 0.0396. The van der Waals surface area contributed by atoms with Crippen molar-refractivity contribution >= 4 is 5.91 Å². The van der Waals surface area contributed by atoms with Crippen molar-refractivity contribution < 1.29 is 14.6 Å². The van der Waals surface area contributed by atoms with Gasteiger partial charge in [-0.3, -0.25) is 4.79 Å². The molecule has 98 valence electrons. The fourth-order valence-corrected chi connectivity index (χ4v) is 2.93. The van der Waals surface area contributed by atoms with Crippen molar-refractivity contribution in [3.05, 3.63) is 0 Å². The molecule has 0 bridgehead atoms. The zero-order chi connectivity index (χ0) is 12.5. The molecule has 0 aromatic heterocycles. The van der Waals surface area contributed by atoms with Gasteiger partial charge < -0.3 is 20.1 Å². The highest BCUT2D eigenvalue weighted by Gasteiger charge is 2.55. The monoisotopic (exact) mass is 242 g/mol. The number of rotatable bonds is 3. The number of nitrogens with zero attached hydrogens (tertiary/aromatic N) is 1. The van der Waals surface area contributed by atoms with Gasteiger partial charge in [0.25, 0.3) is 0 Å². The molecule has 0 aromatic carbocycles. The highest BCUT2D eigenvalue weighted by Crippen LogP contribution is 2.48. The predicted octanol–water partition coefficient (Wildman–Crippen LogP) is -0.406. The van der Waals surface area contributed by atoms with E-state index in [2.05, 4.69) is 5.32 Å². The summed E-state index contributed by atoms with van der Waals surface area (Å²) in [6, 6.07) is 0.119. The van der Waals surface area contributed by atoms with Gasteiger partial charge in [-0.1, -0.05) is 0 Å². The van der Waals surface area contributed by atoms with Gasteiger partial charge in [-0.15, -0.1) is 0 Å². The van der Waals surface area contributed by atoms with E-state index in [1.54, 1.807) is 0 Å². The molecule has 5 nitrogen and oxygen atoms in total. The van der Waals surface area contributed by atoms with Gasteiger partial charge >= 0.3 is 0 Å². The minimum atomic E-state index is -0.281. The minimum Gasteiger partial charge on any atom is -0.392 e. The Balaban J connectivity index is 1.91. The van der Waals surface area contributed by atoms with Crippen LogP contribution in [0.25, 0.3) is 0 Å². The highest BCUT2D eigenvalue weighted by atomic mass is 16.5. The molecular weight excluding hydrogens is 220 g/mol. The molecule has 0 unspecified atom stereocenters. The first kappa shape index (κ1) is 12.8. The molecule has 1 aliphatic carbocycles. The largest absolute Gasteiger partial charge is 0.392 e. The molecule has 0 radical (unpaired) electrons. The number of likely N-dealkylation sites (N-methyl/N-ethyl adjacent to an activating group) is 1. The number of carbonyl (C=O) groups excluding carboxylic acids is 1. The maximum atomic E-state index is 11.7. The Morgan fingerprint density at radius 1 is 1.47 bits per heavy atom. The first-order chi connectivity index (χ1) is 8.04. The molecule has 2 N–H and O–H groups in total. The maximum Gasteiger partial charge on any atom is 0.234 e. The van der Waals surface area contributed by atoms with Crippen LogP contribution in [-0.2, 0) is 9.53 Å². The molecule has 2 rings (SSSR count). The van der Waals surface area contributed by atoms with Crippen LogP contribution in [0.2, 0.25) is 0 Å². The van der Waals surface area contributed by atoms with Crippen LogP contribution >= 0.6 is 0 Å². The Labute approximate surface area is 102 Å². The first-order valence-electron chi connectivity index (χ1n) is 6.24. The van der Waals surface area contributed by atoms with Crippen molar-refractivity contribution in [1.29, 1.82) is 0 Å². The van der Waals surface area contributed by atoms with Gasteiger partial charge in [0, 0.05) is 24.7 Å². The molecule has 0 aromatic rings. The number of aliphatic hydroxyl groups is 1. The van der Waals surface area contributed by atoms with Gasteiger partial charge in [-0.2, -0.15) is 0 Å². The molecule has 1 aliphatic heterocycles. The number of hydrogen-bond donors (Lipinski definition) is 2. The topological polar surface area (TPSA) is 61.8 Å². The van der Waals surface area contributed by atoms with Crippen LogP contribution in [0.15, 0.2) is 0 Å². The molecule has 17 heavy (non-hydrogen) atoms. The van der Waals surface area contributed by atoms with Gasteiger partial charge in [-0.05, 0) is 33.4 Å². The van der Waals surface area contributed by atoms with Crippen molar-refractivity contribution in [3.8, 4) is 0 Å². The summed E-state index contributed by atoms with van der Waals surface area (Å²) in [6.45, 7) is 1.79. The number of carbonyl (C=O) groups is 1. The van der Waals surface area contributed by atoms with E-state index in [1.165, 1.54) is 0 Å². The highest BCUT2D eigenvalue weighted by molar-refractivity contribution is 5.78. The fourth-order valence-electron chi connectivity index (χ4n) is 2.93. The lowest BCUT2D eigenvalue weighted by molar-refractivity contribution is -0.156. The molecule has 2 aliphatic rings. The second-order valence-corrected chi connectivity index (χ2v) is 5.45. The quantitative estimate of drug-likeness (QED) is 0.706. The smallest absolute Gasteiger partial charge is 0.234 e. The average molecular weight is 242 g/mol. The normalized spacial score (nSPS) is 31.3. The Bertz CT molecular complexity index is 287. The van der Waals surface area contributed by atoms with Crippen LogP contribution in [0.4, 0.5) is 0 Å². The number of hydrogen-bond acceptors (Lipinski definition) is 4. The van der Waals surface area contributed by atoms with Crippen LogP contribution in [0.5, 0.6) is 0 Å². The molecule has 1 amide bonds. The second-order valence-electron chi connectivity index (χ2n) is 5.45. The molecule has 1 saturated heterocycles. The van der Waals surface area contributed by atoms with Crippen molar-refractivity contribution in [2.75, 3.05) is 33.9 Å². The van der Waals surface area contributed by atoms with Gasteiger partial charge in [-0.25, -0.2) is 0 Å². The summed E-state index contributed by atoms with van der Waals surface area (Å²) >= 11 is 0. The molecule has 5 heteroatoms. The van der Waals surface area contributed by atoms with E-state index in [4.69, 9.17) is 4.74 Å². The molecule has 1 saturated carbocycles. The first-order valence-corrected chi connectivity index (χ1v) is 6.24. The predicted molar refractivity (Wildman–Crippen MR) is 63.6 cm³/mol. The lowest BCUT2D eigenvalue weighted by Gasteiger charge is -2.55. The van der Waals surface area contributed by atoms with Crippen LogP contribution in [0.1, 0.15) is 19.3 Å². The summed E-state index contributed by atoms with van der Waals surface area (Å²) in [4.78, 5) is 13.6. The van der Waals surface area contributed by atoms with E-state index in [0.29, 0.717) is 26.2 Å².